The topological polar surface area (TPSA) is 9.23 Å². The number of allylic oxidation sites excluding steroid dienone is 3. The Morgan fingerprint density at radius 1 is 1.10 bits per heavy atom. The van der Waals surface area contributed by atoms with Crippen LogP contribution in [0.2, 0.25) is 19.6 Å². The Kier molecular flexibility index (Phi) is 7.33. The molecule has 1 aromatic rings. The molecule has 1 aromatic carbocycles. The van der Waals surface area contributed by atoms with Gasteiger partial charge < -0.3 is 4.43 Å². The van der Waals surface area contributed by atoms with E-state index >= 15 is 0 Å². The average molecular weight is 321 g/mol. The molecule has 0 radical (unpaired) electrons. The summed E-state index contributed by atoms with van der Waals surface area (Å²) >= 11 is 1.85. The molecular weight excluding hydrogens is 292 g/mol. The second-order valence-electron chi connectivity index (χ2n) is 6.51. The minimum Gasteiger partial charge on any atom is -0.547 e. The highest BCUT2D eigenvalue weighted by molar-refractivity contribution is 7.99. The van der Waals surface area contributed by atoms with E-state index in [1.807, 2.05) is 11.8 Å². The van der Waals surface area contributed by atoms with Crippen LogP contribution < -0.4 is 0 Å². The van der Waals surface area contributed by atoms with Gasteiger partial charge in [-0.2, -0.15) is 0 Å². The van der Waals surface area contributed by atoms with Crippen LogP contribution in [0.15, 0.2) is 58.2 Å². The van der Waals surface area contributed by atoms with E-state index in [0.29, 0.717) is 0 Å². The summed E-state index contributed by atoms with van der Waals surface area (Å²) in [5.74, 6) is 2.08. The van der Waals surface area contributed by atoms with Gasteiger partial charge in [0.15, 0.2) is 0 Å². The third kappa shape index (κ3) is 8.17. The molecule has 0 amide bonds. The lowest BCUT2D eigenvalue weighted by molar-refractivity contribution is 0.419. The molecule has 0 spiro atoms. The van der Waals surface area contributed by atoms with E-state index in [9.17, 15) is 0 Å². The molecule has 0 N–H and O–H groups in total. The second kappa shape index (κ2) is 8.50. The first-order valence-corrected chi connectivity index (χ1v) is 11.9. The summed E-state index contributed by atoms with van der Waals surface area (Å²) in [7, 11) is -1.57. The lowest BCUT2D eigenvalue weighted by Crippen LogP contribution is -2.26. The summed E-state index contributed by atoms with van der Waals surface area (Å²) in [6, 6.07) is 10.5. The maximum atomic E-state index is 6.32. The van der Waals surface area contributed by atoms with E-state index in [1.165, 1.54) is 21.8 Å². The maximum Gasteiger partial charge on any atom is 0.241 e. The first-order chi connectivity index (χ1) is 9.78. The number of thioether (sulfide) groups is 1. The Bertz CT molecular complexity index is 494. The van der Waals surface area contributed by atoms with Gasteiger partial charge in [-0.05, 0) is 64.5 Å². The van der Waals surface area contributed by atoms with Crippen molar-refractivity contribution in [1.82, 2.24) is 0 Å². The van der Waals surface area contributed by atoms with Crippen molar-refractivity contribution in [2.24, 2.45) is 0 Å². The van der Waals surface area contributed by atoms with Crippen molar-refractivity contribution < 1.29 is 4.43 Å². The molecule has 1 rings (SSSR count). The minimum atomic E-state index is -1.57. The van der Waals surface area contributed by atoms with Crippen LogP contribution in [0.1, 0.15) is 27.2 Å². The van der Waals surface area contributed by atoms with Crippen LogP contribution in [-0.2, 0) is 4.43 Å². The molecule has 21 heavy (non-hydrogen) atoms. The smallest absolute Gasteiger partial charge is 0.241 e. The van der Waals surface area contributed by atoms with Crippen molar-refractivity contribution >= 4 is 20.1 Å². The summed E-state index contributed by atoms with van der Waals surface area (Å²) in [5.41, 5.74) is 2.71. The lowest BCUT2D eigenvalue weighted by Gasteiger charge is -2.23. The first kappa shape index (κ1) is 18.1. The fourth-order valence-electron chi connectivity index (χ4n) is 1.75. The van der Waals surface area contributed by atoms with Gasteiger partial charge in [-0.25, -0.2) is 0 Å². The van der Waals surface area contributed by atoms with E-state index in [2.05, 4.69) is 76.8 Å². The second-order valence-corrected chi connectivity index (χ2v) is 12.0. The van der Waals surface area contributed by atoms with E-state index in [-0.39, 0.29) is 0 Å². The molecule has 0 aliphatic carbocycles. The molecule has 116 valence electrons. The Morgan fingerprint density at radius 2 is 1.71 bits per heavy atom. The van der Waals surface area contributed by atoms with Crippen molar-refractivity contribution in [2.45, 2.75) is 51.7 Å². The highest BCUT2D eigenvalue weighted by atomic mass is 32.2. The number of benzene rings is 1. The molecular formula is C18H28OSSi. The molecule has 0 bridgehead atoms. The van der Waals surface area contributed by atoms with E-state index < -0.39 is 8.32 Å². The van der Waals surface area contributed by atoms with Crippen molar-refractivity contribution in [2.75, 3.05) is 5.75 Å². The maximum absolute atomic E-state index is 6.32. The van der Waals surface area contributed by atoms with Crippen LogP contribution in [0.3, 0.4) is 0 Å². The van der Waals surface area contributed by atoms with Crippen molar-refractivity contribution in [3.05, 3.63) is 53.3 Å². The molecule has 0 unspecified atom stereocenters. The minimum absolute atomic E-state index is 0.913. The third-order valence-electron chi connectivity index (χ3n) is 2.84. The van der Waals surface area contributed by atoms with Crippen LogP contribution in [0, 0.1) is 0 Å². The van der Waals surface area contributed by atoms with Gasteiger partial charge in [0.05, 0.1) is 11.5 Å². The average Bonchev–Trinajstić information content (AvgIpc) is 2.40. The quantitative estimate of drug-likeness (QED) is 0.254. The van der Waals surface area contributed by atoms with Crippen molar-refractivity contribution in [1.29, 1.82) is 0 Å². The zero-order chi connectivity index (χ0) is 15.9. The highest BCUT2D eigenvalue weighted by Gasteiger charge is 2.19. The van der Waals surface area contributed by atoms with Gasteiger partial charge >= 0.3 is 0 Å². The van der Waals surface area contributed by atoms with E-state index in [1.54, 1.807) is 0 Å². The number of hydrogen-bond acceptors (Lipinski definition) is 2. The zero-order valence-corrected chi connectivity index (χ0v) is 16.0. The Labute approximate surface area is 135 Å². The molecule has 0 saturated carbocycles. The fraction of sp³-hybridized carbons (Fsp3) is 0.444. The fourth-order valence-corrected chi connectivity index (χ4v) is 3.79. The standard InChI is InChI=1S/C18H28OSSi/c1-15(2)12-13-16(3)18(19-21(4,5)6)14-20-17-10-8-7-9-11-17/h7-12H,13-14H2,1-6H3/b18-16-. The van der Waals surface area contributed by atoms with E-state index in [4.69, 9.17) is 4.43 Å². The van der Waals surface area contributed by atoms with Crippen molar-refractivity contribution in [3.8, 4) is 0 Å². The first-order valence-electron chi connectivity index (χ1n) is 7.47. The van der Waals surface area contributed by atoms with Gasteiger partial charge in [0, 0.05) is 4.90 Å². The third-order valence-corrected chi connectivity index (χ3v) is 4.71. The van der Waals surface area contributed by atoms with Gasteiger partial charge in [0.25, 0.3) is 0 Å². The van der Waals surface area contributed by atoms with E-state index in [0.717, 1.165) is 12.2 Å². The molecule has 0 heterocycles. The van der Waals surface area contributed by atoms with Crippen molar-refractivity contribution in [3.63, 3.8) is 0 Å². The summed E-state index contributed by atoms with van der Waals surface area (Å²) in [6.45, 7) is 13.2. The number of rotatable bonds is 7. The summed E-state index contributed by atoms with van der Waals surface area (Å²) in [6.07, 6.45) is 3.26. The van der Waals surface area contributed by atoms with Crippen LogP contribution in [0.5, 0.6) is 0 Å². The molecule has 3 heteroatoms. The van der Waals surface area contributed by atoms with Crippen LogP contribution in [0.25, 0.3) is 0 Å². The van der Waals surface area contributed by atoms with Crippen LogP contribution >= 0.6 is 11.8 Å². The monoisotopic (exact) mass is 320 g/mol. The summed E-state index contributed by atoms with van der Waals surface area (Å²) in [4.78, 5) is 1.30. The Morgan fingerprint density at radius 3 is 2.24 bits per heavy atom. The molecule has 0 fully saturated rings. The SMILES string of the molecule is CC(C)=CC/C(C)=C(/CSc1ccccc1)O[Si](C)(C)C. The highest BCUT2D eigenvalue weighted by Crippen LogP contribution is 2.25. The summed E-state index contributed by atoms with van der Waals surface area (Å²) < 4.78 is 6.32. The lowest BCUT2D eigenvalue weighted by atomic mass is 10.1. The molecule has 0 aliphatic rings. The van der Waals surface area contributed by atoms with Gasteiger partial charge in [-0.1, -0.05) is 29.8 Å². The summed E-state index contributed by atoms with van der Waals surface area (Å²) in [5, 5.41) is 0. The molecule has 0 aromatic heterocycles. The largest absolute Gasteiger partial charge is 0.547 e. The van der Waals surface area contributed by atoms with Gasteiger partial charge in [-0.3, -0.25) is 0 Å². The molecule has 0 atom stereocenters. The molecule has 0 aliphatic heterocycles. The van der Waals surface area contributed by atoms with Gasteiger partial charge in [0.1, 0.15) is 0 Å². The van der Waals surface area contributed by atoms with Gasteiger partial charge in [-0.15, -0.1) is 11.8 Å². The van der Waals surface area contributed by atoms with Crippen LogP contribution in [-0.4, -0.2) is 14.1 Å². The predicted molar refractivity (Wildman–Crippen MR) is 98.3 cm³/mol. The Hall–Kier alpha value is -0.933. The zero-order valence-electron chi connectivity index (χ0n) is 14.2. The molecule has 0 saturated heterocycles. The normalized spacial score (nSPS) is 12.7. The Balaban J connectivity index is 2.81. The van der Waals surface area contributed by atoms with Gasteiger partial charge in [0.2, 0.25) is 8.32 Å². The number of hydrogen-bond donors (Lipinski definition) is 0. The van der Waals surface area contributed by atoms with Crippen LogP contribution in [0.4, 0.5) is 0 Å². The predicted octanol–water partition coefficient (Wildman–Crippen LogP) is 6.26. The molecule has 1 nitrogen and oxygen atoms in total.